The predicted molar refractivity (Wildman–Crippen MR) is 142 cm³/mol. The van der Waals surface area contributed by atoms with E-state index in [9.17, 15) is 0 Å². The van der Waals surface area contributed by atoms with Gasteiger partial charge in [-0.25, -0.2) is 0 Å². The number of hydrogen-bond acceptors (Lipinski definition) is 3. The van der Waals surface area contributed by atoms with E-state index in [2.05, 4.69) is 0 Å². The molecule has 0 spiro atoms. The van der Waals surface area contributed by atoms with E-state index in [1.807, 2.05) is 64.1 Å². The Hall–Kier alpha value is -2.23. The molecule has 4 aromatic rings. The van der Waals surface area contributed by atoms with Crippen molar-refractivity contribution in [1.29, 1.82) is 0 Å². The summed E-state index contributed by atoms with van der Waals surface area (Å²) in [5.74, 6) is 0. The smallest absolute Gasteiger partial charge is 0.456 e. The van der Waals surface area contributed by atoms with Crippen molar-refractivity contribution in [3.63, 3.8) is 0 Å². The molecule has 1 aromatic heterocycles. The summed E-state index contributed by atoms with van der Waals surface area (Å²) in [5, 5.41) is 1.86. The van der Waals surface area contributed by atoms with Gasteiger partial charge >= 0.3 is 7.12 Å². The molecule has 0 saturated carbocycles. The van der Waals surface area contributed by atoms with Crippen LogP contribution in [-0.2, 0) is 9.31 Å². The summed E-state index contributed by atoms with van der Waals surface area (Å²) >= 11 is 0. The van der Waals surface area contributed by atoms with Gasteiger partial charge in [0.1, 0.15) is 50.4 Å². The van der Waals surface area contributed by atoms with Gasteiger partial charge in [0, 0.05) is 10.8 Å². The Morgan fingerprint density at radius 3 is 1.88 bits per heavy atom. The highest BCUT2D eigenvalue weighted by Gasteiger charge is 2.52. The minimum atomic E-state index is -0.512. The van der Waals surface area contributed by atoms with Gasteiger partial charge in [-0.05, 0) is 62.5 Å². The monoisotopic (exact) mass is 420 g/mol. The summed E-state index contributed by atoms with van der Waals surface area (Å²) in [6.45, 7) is 8.13. The van der Waals surface area contributed by atoms with Crippen LogP contribution in [0.5, 0.6) is 0 Å². The van der Waals surface area contributed by atoms with Crippen molar-refractivity contribution in [2.75, 3.05) is 0 Å². The first-order valence-electron chi connectivity index (χ1n) is 10.8. The molecule has 5 rings (SSSR count). The van der Waals surface area contributed by atoms with E-state index in [1.54, 1.807) is 0 Å². The highest BCUT2D eigenvalue weighted by molar-refractivity contribution is 6.69. The molecule has 1 aliphatic heterocycles. The molecule has 0 aliphatic carbocycles. The van der Waals surface area contributed by atoms with Crippen LogP contribution in [0.2, 0.25) is 0 Å². The molecule has 0 unspecified atom stereocenters. The molecule has 0 bridgehead atoms. The van der Waals surface area contributed by atoms with Crippen molar-refractivity contribution in [1.82, 2.24) is 0 Å². The van der Waals surface area contributed by atoms with Gasteiger partial charge in [-0.15, -0.1) is 16.4 Å². The largest absolute Gasteiger partial charge is 0.495 e. The van der Waals surface area contributed by atoms with Gasteiger partial charge < -0.3 is 13.7 Å². The van der Waals surface area contributed by atoms with Crippen LogP contribution in [0.15, 0.2) is 40.8 Å². The van der Waals surface area contributed by atoms with Crippen molar-refractivity contribution < 1.29 is 13.7 Å². The summed E-state index contributed by atoms with van der Waals surface area (Å²) in [7, 11) is 30.1. The Morgan fingerprint density at radius 1 is 0.697 bits per heavy atom. The first-order chi connectivity index (χ1) is 15.4. The van der Waals surface area contributed by atoms with Crippen LogP contribution in [0, 0.1) is 0 Å². The van der Waals surface area contributed by atoms with Crippen molar-refractivity contribution in [2.45, 2.75) is 38.9 Å². The molecule has 150 valence electrons. The lowest BCUT2D eigenvalue weighted by atomic mass is 9.59. The van der Waals surface area contributed by atoms with Gasteiger partial charge in [0.05, 0.1) is 11.2 Å². The molecule has 9 heteroatoms. The molecule has 1 fully saturated rings. The van der Waals surface area contributed by atoms with E-state index >= 15 is 0 Å². The average molecular weight is 419 g/mol. The fraction of sp³-hybridized carbons (Fsp3) is 0.250. The quantitative estimate of drug-likeness (QED) is 0.412. The lowest BCUT2D eigenvalue weighted by Crippen LogP contribution is -2.55. The third-order valence-electron chi connectivity index (χ3n) is 7.02. The van der Waals surface area contributed by atoms with Crippen LogP contribution in [0.1, 0.15) is 27.7 Å². The third kappa shape index (κ3) is 3.27. The molecule has 0 amide bonds. The maximum Gasteiger partial charge on any atom is 0.495 e. The number of benzene rings is 3. The topological polar surface area (TPSA) is 31.6 Å². The number of hydrogen-bond donors (Lipinski definition) is 0. The molecule has 2 heterocycles. The van der Waals surface area contributed by atoms with Crippen molar-refractivity contribution in [3.05, 3.63) is 36.4 Å². The molecule has 33 heavy (non-hydrogen) atoms. The second kappa shape index (κ2) is 7.38. The first-order valence-corrected chi connectivity index (χ1v) is 10.8. The molecule has 10 radical (unpaired) electrons. The fourth-order valence-corrected chi connectivity index (χ4v) is 4.34. The number of furan rings is 1. The van der Waals surface area contributed by atoms with Crippen molar-refractivity contribution in [3.8, 4) is 11.1 Å². The van der Waals surface area contributed by atoms with Crippen LogP contribution in [0.25, 0.3) is 33.1 Å². The van der Waals surface area contributed by atoms with E-state index < -0.39 is 18.3 Å². The second-order valence-electron chi connectivity index (χ2n) is 9.57. The SMILES string of the molecule is [B]c1c([B])c([B])c(-c2ccc3c(c2)oc2cccc(B4OC(C)(C)C(C)(C)O4)c23)c([B])c1[B]. The van der Waals surface area contributed by atoms with Crippen molar-refractivity contribution >= 4 is 101 Å². The molecule has 3 nitrogen and oxygen atoms in total. The van der Waals surface area contributed by atoms with Crippen LogP contribution in [0.3, 0.4) is 0 Å². The molecule has 1 saturated heterocycles. The van der Waals surface area contributed by atoms with Gasteiger partial charge in [0.15, 0.2) is 0 Å². The van der Waals surface area contributed by atoms with Crippen LogP contribution in [0.4, 0.5) is 0 Å². The normalized spacial score (nSPS) is 17.3. The lowest BCUT2D eigenvalue weighted by Gasteiger charge is -2.32. The highest BCUT2D eigenvalue weighted by atomic mass is 16.7. The standard InChI is InChI=1S/C24H18B6O3/c1-23(2)24(3,4)33-30(32-23)13-6-5-7-14-17(13)12-9-8-11(10-15(12)31-14)16-18(25)20(27)22(29)21(28)19(16)26/h5-10H,1-4H3. The zero-order chi connectivity index (χ0) is 23.9. The van der Waals surface area contributed by atoms with E-state index in [0.29, 0.717) is 11.1 Å². The first kappa shape index (κ1) is 22.6. The maximum atomic E-state index is 6.30. The summed E-state index contributed by atoms with van der Waals surface area (Å²) in [4.78, 5) is 0. The lowest BCUT2D eigenvalue weighted by molar-refractivity contribution is 0.00578. The summed E-state index contributed by atoms with van der Waals surface area (Å²) in [6, 6.07) is 11.6. The maximum absolute atomic E-state index is 6.30. The van der Waals surface area contributed by atoms with E-state index in [4.69, 9.17) is 53.0 Å². The van der Waals surface area contributed by atoms with Crippen LogP contribution >= 0.6 is 0 Å². The highest BCUT2D eigenvalue weighted by Crippen LogP contribution is 2.38. The van der Waals surface area contributed by atoms with Gasteiger partial charge in [0.25, 0.3) is 0 Å². The Morgan fingerprint density at radius 2 is 1.27 bits per heavy atom. The Kier molecular flexibility index (Phi) is 5.05. The van der Waals surface area contributed by atoms with E-state index in [-0.39, 0.29) is 27.3 Å². The van der Waals surface area contributed by atoms with Gasteiger partial charge in [-0.1, -0.05) is 29.1 Å². The summed E-state index contributed by atoms with van der Waals surface area (Å²) in [6.07, 6.45) is 0. The fourth-order valence-electron chi connectivity index (χ4n) is 4.34. The molecule has 1 aliphatic rings. The minimum Gasteiger partial charge on any atom is -0.456 e. The molecule has 3 aromatic carbocycles. The predicted octanol–water partition coefficient (Wildman–Crippen LogP) is -0.479. The number of rotatable bonds is 2. The van der Waals surface area contributed by atoms with E-state index in [0.717, 1.165) is 27.4 Å². The Bertz CT molecular complexity index is 1390. The molecule has 0 N–H and O–H groups in total. The minimum absolute atomic E-state index is 0.186. The Labute approximate surface area is 201 Å². The molecule has 0 atom stereocenters. The van der Waals surface area contributed by atoms with Gasteiger partial charge in [-0.2, -0.15) is 0 Å². The zero-order valence-corrected chi connectivity index (χ0v) is 19.2. The van der Waals surface area contributed by atoms with Crippen LogP contribution in [-0.4, -0.2) is 57.6 Å². The third-order valence-corrected chi connectivity index (χ3v) is 7.02. The second-order valence-corrected chi connectivity index (χ2v) is 9.57. The van der Waals surface area contributed by atoms with Gasteiger partial charge in [0.2, 0.25) is 0 Å². The van der Waals surface area contributed by atoms with E-state index in [1.165, 1.54) is 0 Å². The summed E-state index contributed by atoms with van der Waals surface area (Å²) < 4.78 is 18.8. The summed E-state index contributed by atoms with van der Waals surface area (Å²) in [5.41, 5.74) is 3.86. The molecular weight excluding hydrogens is 401 g/mol. The van der Waals surface area contributed by atoms with Gasteiger partial charge in [-0.3, -0.25) is 0 Å². The van der Waals surface area contributed by atoms with Crippen molar-refractivity contribution in [2.24, 2.45) is 0 Å². The Balaban J connectivity index is 1.69. The number of fused-ring (bicyclic) bond motifs is 3. The molecular formula is C24H18B6O3. The average Bonchev–Trinajstić information content (AvgIpc) is 3.23. The van der Waals surface area contributed by atoms with Crippen LogP contribution < -0.4 is 32.8 Å². The zero-order valence-electron chi connectivity index (χ0n) is 19.2.